The number of rotatable bonds is 6. The van der Waals surface area contributed by atoms with Gasteiger partial charge in [0.15, 0.2) is 6.54 Å². The lowest BCUT2D eigenvalue weighted by Gasteiger charge is -2.23. The fourth-order valence-corrected chi connectivity index (χ4v) is 3.51. The molecule has 1 heterocycles. The quantitative estimate of drug-likeness (QED) is 0.760. The Bertz CT molecular complexity index is 763. The van der Waals surface area contributed by atoms with Gasteiger partial charge in [0, 0.05) is 17.0 Å². The highest BCUT2D eigenvalue weighted by Crippen LogP contribution is 2.26. The van der Waals surface area contributed by atoms with E-state index in [9.17, 15) is 13.6 Å². The first kappa shape index (κ1) is 18.6. The number of carbonyl (C=O) groups excluding carboxylic acids is 1. The number of alkyl halides is 2. The summed E-state index contributed by atoms with van der Waals surface area (Å²) in [7, 11) is 0. The number of halogens is 2. The number of hydrogen-bond donors (Lipinski definition) is 2. The molecule has 0 saturated heterocycles. The van der Waals surface area contributed by atoms with E-state index in [1.807, 2.05) is 18.2 Å². The van der Waals surface area contributed by atoms with Crippen molar-refractivity contribution in [2.45, 2.75) is 17.1 Å². The second-order valence-electron chi connectivity index (χ2n) is 6.18. The second kappa shape index (κ2) is 8.96. The van der Waals surface area contributed by atoms with E-state index < -0.39 is 5.76 Å². The third kappa shape index (κ3) is 5.41. The molecule has 0 fully saturated rings. The second-order valence-corrected chi connectivity index (χ2v) is 7.24. The SMILES string of the molecule is O=C(C[NH+]1CC=C(c2ccccc2)CC1)Nc1ccc(SC(F)F)cc1. The van der Waals surface area contributed by atoms with Crippen molar-refractivity contribution in [1.82, 2.24) is 0 Å². The smallest absolute Gasteiger partial charge is 0.288 e. The Labute approximate surface area is 156 Å². The molecule has 1 unspecified atom stereocenters. The van der Waals surface area contributed by atoms with Crippen LogP contribution in [-0.2, 0) is 4.79 Å². The monoisotopic (exact) mass is 375 g/mol. The highest BCUT2D eigenvalue weighted by atomic mass is 32.2. The van der Waals surface area contributed by atoms with Crippen LogP contribution in [0.25, 0.3) is 5.57 Å². The summed E-state index contributed by atoms with van der Waals surface area (Å²) in [5, 5.41) is 2.84. The van der Waals surface area contributed by atoms with Crippen LogP contribution in [0.4, 0.5) is 14.5 Å². The molecule has 2 N–H and O–H groups in total. The topological polar surface area (TPSA) is 33.5 Å². The Morgan fingerprint density at radius 2 is 1.85 bits per heavy atom. The molecule has 6 heteroatoms. The number of anilines is 1. The standard InChI is InChI=1S/C20H20F2N2OS/c21-20(22)26-18-8-6-17(7-9-18)23-19(25)14-24-12-10-16(11-13-24)15-4-2-1-3-5-15/h1-10,20H,11-14H2,(H,23,25)/p+1. The summed E-state index contributed by atoms with van der Waals surface area (Å²) in [5.74, 6) is -2.50. The van der Waals surface area contributed by atoms with Crippen LogP contribution < -0.4 is 10.2 Å². The summed E-state index contributed by atoms with van der Waals surface area (Å²) in [6.45, 7) is 2.13. The van der Waals surface area contributed by atoms with Crippen molar-refractivity contribution in [2.24, 2.45) is 0 Å². The van der Waals surface area contributed by atoms with Gasteiger partial charge in [-0.1, -0.05) is 42.1 Å². The first-order chi connectivity index (χ1) is 12.6. The minimum absolute atomic E-state index is 0.0641. The summed E-state index contributed by atoms with van der Waals surface area (Å²) in [6, 6.07) is 16.8. The molecular weight excluding hydrogens is 354 g/mol. The van der Waals surface area contributed by atoms with E-state index in [-0.39, 0.29) is 5.91 Å². The van der Waals surface area contributed by atoms with Gasteiger partial charge < -0.3 is 10.2 Å². The molecule has 0 aromatic heterocycles. The van der Waals surface area contributed by atoms with Gasteiger partial charge in [0.1, 0.15) is 0 Å². The minimum atomic E-state index is -2.44. The van der Waals surface area contributed by atoms with Crippen LogP contribution in [0.2, 0.25) is 0 Å². The molecule has 0 bridgehead atoms. The van der Waals surface area contributed by atoms with Crippen LogP contribution in [-0.4, -0.2) is 31.3 Å². The summed E-state index contributed by atoms with van der Waals surface area (Å²) < 4.78 is 24.6. The summed E-state index contributed by atoms with van der Waals surface area (Å²) in [4.78, 5) is 13.9. The summed E-state index contributed by atoms with van der Waals surface area (Å²) >= 11 is 0.496. The van der Waals surface area contributed by atoms with Crippen LogP contribution in [0.1, 0.15) is 12.0 Å². The molecular formula is C20H21F2N2OS+. The first-order valence-electron chi connectivity index (χ1n) is 8.53. The Kier molecular flexibility index (Phi) is 6.41. The minimum Gasteiger partial charge on any atom is -0.324 e. The van der Waals surface area contributed by atoms with E-state index in [1.165, 1.54) is 16.0 Å². The number of carbonyl (C=O) groups is 1. The molecule has 3 rings (SSSR count). The zero-order valence-electron chi connectivity index (χ0n) is 14.3. The van der Waals surface area contributed by atoms with Crippen LogP contribution in [0, 0.1) is 0 Å². The number of quaternary nitrogens is 1. The van der Waals surface area contributed by atoms with E-state index >= 15 is 0 Å². The molecule has 1 aliphatic rings. The van der Waals surface area contributed by atoms with Gasteiger partial charge in [-0.25, -0.2) is 0 Å². The van der Waals surface area contributed by atoms with Crippen LogP contribution >= 0.6 is 11.8 Å². The van der Waals surface area contributed by atoms with Gasteiger partial charge in [-0.15, -0.1) is 0 Å². The Balaban J connectivity index is 1.49. The largest absolute Gasteiger partial charge is 0.324 e. The third-order valence-corrected chi connectivity index (χ3v) is 5.03. The van der Waals surface area contributed by atoms with E-state index in [1.54, 1.807) is 24.3 Å². The van der Waals surface area contributed by atoms with Gasteiger partial charge in [-0.3, -0.25) is 4.79 Å². The zero-order chi connectivity index (χ0) is 18.4. The fourth-order valence-electron chi connectivity index (χ4n) is 3.01. The van der Waals surface area contributed by atoms with E-state index in [0.717, 1.165) is 19.5 Å². The van der Waals surface area contributed by atoms with Crippen molar-refractivity contribution in [3.05, 3.63) is 66.2 Å². The van der Waals surface area contributed by atoms with Crippen molar-refractivity contribution in [1.29, 1.82) is 0 Å². The molecule has 1 atom stereocenters. The van der Waals surface area contributed by atoms with Crippen LogP contribution in [0.15, 0.2) is 65.6 Å². The van der Waals surface area contributed by atoms with Gasteiger partial charge in [-0.05, 0) is 41.5 Å². The maximum atomic E-state index is 12.3. The normalized spacial score (nSPS) is 17.0. The molecule has 1 aliphatic heterocycles. The van der Waals surface area contributed by atoms with Crippen molar-refractivity contribution in [2.75, 3.05) is 25.0 Å². The third-order valence-electron chi connectivity index (χ3n) is 4.30. The molecule has 2 aromatic carbocycles. The van der Waals surface area contributed by atoms with Crippen LogP contribution in [0.3, 0.4) is 0 Å². The summed E-state index contributed by atoms with van der Waals surface area (Å²) in [6.07, 6.45) is 3.16. The lowest BCUT2D eigenvalue weighted by molar-refractivity contribution is -0.886. The maximum Gasteiger partial charge on any atom is 0.288 e. The average molecular weight is 375 g/mol. The number of amides is 1. The zero-order valence-corrected chi connectivity index (χ0v) is 15.1. The van der Waals surface area contributed by atoms with Gasteiger partial charge in [0.05, 0.1) is 13.1 Å². The highest BCUT2D eigenvalue weighted by molar-refractivity contribution is 7.99. The highest BCUT2D eigenvalue weighted by Gasteiger charge is 2.19. The van der Waals surface area contributed by atoms with Gasteiger partial charge >= 0.3 is 0 Å². The number of nitrogens with one attached hydrogen (secondary N) is 2. The van der Waals surface area contributed by atoms with Crippen LogP contribution in [0.5, 0.6) is 0 Å². The van der Waals surface area contributed by atoms with Gasteiger partial charge in [0.2, 0.25) is 0 Å². The van der Waals surface area contributed by atoms with Crippen molar-refractivity contribution >= 4 is 28.9 Å². The lowest BCUT2D eigenvalue weighted by atomic mass is 10.00. The van der Waals surface area contributed by atoms with E-state index in [4.69, 9.17) is 0 Å². The maximum absolute atomic E-state index is 12.3. The van der Waals surface area contributed by atoms with Crippen molar-refractivity contribution in [3.63, 3.8) is 0 Å². The van der Waals surface area contributed by atoms with E-state index in [2.05, 4.69) is 23.5 Å². The Hall–Kier alpha value is -2.18. The molecule has 1 amide bonds. The molecule has 3 nitrogen and oxygen atoms in total. The number of hydrogen-bond acceptors (Lipinski definition) is 2. The number of thioether (sulfide) groups is 1. The van der Waals surface area contributed by atoms with Crippen molar-refractivity contribution in [3.8, 4) is 0 Å². The lowest BCUT2D eigenvalue weighted by Crippen LogP contribution is -3.13. The molecule has 0 saturated carbocycles. The molecule has 26 heavy (non-hydrogen) atoms. The number of benzene rings is 2. The molecule has 136 valence electrons. The van der Waals surface area contributed by atoms with Gasteiger partial charge in [0.25, 0.3) is 11.7 Å². The Morgan fingerprint density at radius 1 is 1.12 bits per heavy atom. The van der Waals surface area contributed by atoms with E-state index in [0.29, 0.717) is 28.9 Å². The fraction of sp³-hybridized carbons (Fsp3) is 0.250. The predicted molar refractivity (Wildman–Crippen MR) is 102 cm³/mol. The molecule has 0 radical (unpaired) electrons. The Morgan fingerprint density at radius 3 is 2.46 bits per heavy atom. The predicted octanol–water partition coefficient (Wildman–Crippen LogP) is 3.31. The first-order valence-corrected chi connectivity index (χ1v) is 9.41. The molecule has 0 spiro atoms. The average Bonchev–Trinajstić information content (AvgIpc) is 2.64. The van der Waals surface area contributed by atoms with Crippen molar-refractivity contribution < 1.29 is 18.5 Å². The summed E-state index contributed by atoms with van der Waals surface area (Å²) in [5.41, 5.74) is 3.21. The molecule has 2 aromatic rings. The molecule has 0 aliphatic carbocycles. The van der Waals surface area contributed by atoms with Gasteiger partial charge in [-0.2, -0.15) is 8.78 Å².